The Morgan fingerprint density at radius 2 is 1.95 bits per heavy atom. The lowest BCUT2D eigenvalue weighted by Crippen LogP contribution is -2.41. The van der Waals surface area contributed by atoms with Crippen LogP contribution in [0.1, 0.15) is 62.8 Å². The Balaban J connectivity index is 2.04. The number of halogens is 3. The first-order valence-electron chi connectivity index (χ1n) is 11.7. The maximum absolute atomic E-state index is 13.2. The molecule has 0 saturated carbocycles. The topological polar surface area (TPSA) is 126 Å². The maximum Gasteiger partial charge on any atom is 0.516 e. The van der Waals surface area contributed by atoms with Gasteiger partial charge >= 0.3 is 21.5 Å². The third-order valence-corrected chi connectivity index (χ3v) is 7.34. The summed E-state index contributed by atoms with van der Waals surface area (Å²) in [5, 5.41) is 15.2. The van der Waals surface area contributed by atoms with Crippen LogP contribution < -0.4 is 9.62 Å². The molecule has 0 aliphatic carbocycles. The number of azo groups is 1. The first-order chi connectivity index (χ1) is 17.2. The molecule has 2 heterocycles. The Kier molecular flexibility index (Phi) is 8.78. The van der Waals surface area contributed by atoms with E-state index in [4.69, 9.17) is 4.74 Å². The average Bonchev–Trinajstić information content (AvgIpc) is 3.25. The van der Waals surface area contributed by atoms with Crippen LogP contribution in [0.15, 0.2) is 22.4 Å². The van der Waals surface area contributed by atoms with E-state index in [-0.39, 0.29) is 39.6 Å². The Bertz CT molecular complexity index is 1260. The lowest BCUT2D eigenvalue weighted by Gasteiger charge is -2.40. The molecule has 1 aliphatic rings. The number of aromatic nitrogens is 2. The fraction of sp³-hybridized carbons (Fsp3) is 0.591. The standard InChI is InChI=1S/C22H29F3N6O4S2/c1-6-15-8-7-14-9-16(26-28-21-29-27-19(36-21)20(32)35-13(4)5)17(30-37(33,34)22(23,24)25)10-18(14)31(15)11-12(2)3/h9-10,12-13,15,30H,6-8,11H2,1-5H3. The summed E-state index contributed by atoms with van der Waals surface area (Å²) in [5.41, 5.74) is -4.54. The monoisotopic (exact) mass is 562 g/mol. The molecule has 37 heavy (non-hydrogen) atoms. The lowest BCUT2D eigenvalue weighted by atomic mass is 9.92. The largest absolute Gasteiger partial charge is 0.516 e. The number of benzene rings is 1. The third-order valence-electron chi connectivity index (χ3n) is 5.45. The predicted molar refractivity (Wildman–Crippen MR) is 134 cm³/mol. The number of nitrogens with one attached hydrogen (secondary N) is 1. The van der Waals surface area contributed by atoms with Crippen LogP contribution in [0.5, 0.6) is 0 Å². The van der Waals surface area contributed by atoms with Crippen LogP contribution in [-0.2, 0) is 21.2 Å². The second-order valence-electron chi connectivity index (χ2n) is 9.24. The quantitative estimate of drug-likeness (QED) is 0.295. The Morgan fingerprint density at radius 3 is 2.54 bits per heavy atom. The maximum atomic E-state index is 13.2. The molecule has 0 amide bonds. The van der Waals surface area contributed by atoms with Crippen molar-refractivity contribution < 1.29 is 31.1 Å². The van der Waals surface area contributed by atoms with Gasteiger partial charge in [-0.1, -0.05) is 32.1 Å². The molecular formula is C22H29F3N6O4S2. The number of anilines is 2. The van der Waals surface area contributed by atoms with Gasteiger partial charge in [0.1, 0.15) is 5.69 Å². The number of nitrogens with zero attached hydrogens (tertiary/aromatic N) is 5. The molecule has 0 bridgehead atoms. The minimum Gasteiger partial charge on any atom is -0.458 e. The van der Waals surface area contributed by atoms with Crippen LogP contribution >= 0.6 is 11.3 Å². The summed E-state index contributed by atoms with van der Waals surface area (Å²) in [6.07, 6.45) is 1.93. The van der Waals surface area contributed by atoms with Crippen LogP contribution in [0.4, 0.5) is 35.4 Å². The van der Waals surface area contributed by atoms with E-state index in [1.54, 1.807) is 18.6 Å². The van der Waals surface area contributed by atoms with Crippen LogP contribution in [-0.4, -0.2) is 48.8 Å². The van der Waals surface area contributed by atoms with Crippen molar-refractivity contribution in [1.29, 1.82) is 0 Å². The van der Waals surface area contributed by atoms with E-state index in [2.05, 4.69) is 25.3 Å². The number of hydrogen-bond acceptors (Lipinski definition) is 10. The van der Waals surface area contributed by atoms with E-state index in [9.17, 15) is 26.4 Å². The molecule has 1 aromatic heterocycles. The van der Waals surface area contributed by atoms with Gasteiger partial charge in [-0.05, 0) is 56.7 Å². The molecule has 0 spiro atoms. The number of alkyl halides is 3. The molecule has 0 radical (unpaired) electrons. The van der Waals surface area contributed by atoms with Crippen LogP contribution in [0.2, 0.25) is 0 Å². The summed E-state index contributed by atoms with van der Waals surface area (Å²) >= 11 is 0.781. The molecule has 1 N–H and O–H groups in total. The number of aryl methyl sites for hydroxylation is 1. The van der Waals surface area contributed by atoms with Gasteiger partial charge in [0, 0.05) is 18.3 Å². The van der Waals surface area contributed by atoms with E-state index in [1.165, 1.54) is 12.1 Å². The van der Waals surface area contributed by atoms with Crippen molar-refractivity contribution in [2.45, 2.75) is 71.5 Å². The number of hydrogen-bond donors (Lipinski definition) is 1. The number of ether oxygens (including phenoxy) is 1. The fourth-order valence-corrected chi connectivity index (χ4v) is 5.01. The molecule has 10 nitrogen and oxygen atoms in total. The second-order valence-corrected chi connectivity index (χ2v) is 11.9. The van der Waals surface area contributed by atoms with Gasteiger partial charge in [0.15, 0.2) is 0 Å². The molecule has 0 fully saturated rings. The fourth-order valence-electron chi connectivity index (χ4n) is 3.89. The zero-order valence-corrected chi connectivity index (χ0v) is 22.7. The SMILES string of the molecule is CCC1CCc2cc(N=Nc3nnc(C(=O)OC(C)C)s3)c(NS(=O)(=O)C(F)(F)F)cc2N1CC(C)C. The average molecular weight is 563 g/mol. The number of sulfonamides is 1. The summed E-state index contributed by atoms with van der Waals surface area (Å²) in [7, 11) is -5.72. The molecule has 0 saturated heterocycles. The van der Waals surface area contributed by atoms with Gasteiger partial charge in [-0.3, -0.25) is 4.72 Å². The van der Waals surface area contributed by atoms with Crippen molar-refractivity contribution in [3.8, 4) is 0 Å². The van der Waals surface area contributed by atoms with Gasteiger partial charge in [0.2, 0.25) is 5.01 Å². The highest BCUT2D eigenvalue weighted by atomic mass is 32.2. The third kappa shape index (κ3) is 6.94. The van der Waals surface area contributed by atoms with Gasteiger partial charge in [-0.25, -0.2) is 4.79 Å². The summed E-state index contributed by atoms with van der Waals surface area (Å²) in [4.78, 5) is 14.1. The minimum atomic E-state index is -5.72. The van der Waals surface area contributed by atoms with Gasteiger partial charge in [0.05, 0.1) is 11.8 Å². The highest BCUT2D eigenvalue weighted by Crippen LogP contribution is 2.41. The first-order valence-corrected chi connectivity index (χ1v) is 14.0. The van der Waals surface area contributed by atoms with E-state index >= 15 is 0 Å². The number of carbonyl (C=O) groups is 1. The van der Waals surface area contributed by atoms with Crippen molar-refractivity contribution in [2.24, 2.45) is 16.1 Å². The molecule has 204 valence electrons. The summed E-state index contributed by atoms with van der Waals surface area (Å²) in [6.45, 7) is 10.1. The zero-order chi connectivity index (χ0) is 27.5. The molecule has 15 heteroatoms. The van der Waals surface area contributed by atoms with Crippen LogP contribution in [0.3, 0.4) is 0 Å². The summed E-state index contributed by atoms with van der Waals surface area (Å²) in [6, 6.07) is 3.07. The molecular weight excluding hydrogens is 533 g/mol. The first kappa shape index (κ1) is 28.8. The van der Waals surface area contributed by atoms with Crippen LogP contribution in [0.25, 0.3) is 0 Å². The van der Waals surface area contributed by atoms with Crippen molar-refractivity contribution in [2.75, 3.05) is 16.2 Å². The zero-order valence-electron chi connectivity index (χ0n) is 21.0. The van der Waals surface area contributed by atoms with E-state index < -0.39 is 21.5 Å². The predicted octanol–water partition coefficient (Wildman–Crippen LogP) is 5.97. The van der Waals surface area contributed by atoms with E-state index in [0.717, 1.165) is 29.7 Å². The van der Waals surface area contributed by atoms with Gasteiger partial charge in [-0.15, -0.1) is 20.4 Å². The Hall–Kier alpha value is -2.81. The number of carbonyl (C=O) groups excluding carboxylic acids is 1. The highest BCUT2D eigenvalue weighted by Gasteiger charge is 2.46. The molecule has 1 atom stereocenters. The van der Waals surface area contributed by atoms with Crippen molar-refractivity contribution in [1.82, 2.24) is 10.2 Å². The molecule has 3 rings (SSSR count). The van der Waals surface area contributed by atoms with Crippen LogP contribution in [0, 0.1) is 5.92 Å². The minimum absolute atomic E-state index is 0.0504. The Morgan fingerprint density at radius 1 is 1.24 bits per heavy atom. The molecule has 1 unspecified atom stereocenters. The number of esters is 1. The summed E-state index contributed by atoms with van der Waals surface area (Å²) < 4.78 is 70.2. The number of rotatable bonds is 9. The second kappa shape index (κ2) is 11.3. The van der Waals surface area contributed by atoms with Gasteiger partial charge in [0.25, 0.3) is 5.13 Å². The van der Waals surface area contributed by atoms with Crippen molar-refractivity contribution >= 4 is 49.5 Å². The van der Waals surface area contributed by atoms with Crippen molar-refractivity contribution in [3.63, 3.8) is 0 Å². The normalized spacial score (nSPS) is 16.5. The van der Waals surface area contributed by atoms with E-state index in [0.29, 0.717) is 18.7 Å². The van der Waals surface area contributed by atoms with Gasteiger partial charge in [-0.2, -0.15) is 21.6 Å². The highest BCUT2D eigenvalue weighted by molar-refractivity contribution is 7.93. The Labute approximate surface area is 217 Å². The molecule has 1 aliphatic heterocycles. The molecule has 2 aromatic rings. The van der Waals surface area contributed by atoms with E-state index in [1.807, 2.05) is 20.8 Å². The van der Waals surface area contributed by atoms with Gasteiger partial charge < -0.3 is 9.64 Å². The van der Waals surface area contributed by atoms with Crippen molar-refractivity contribution in [3.05, 3.63) is 22.7 Å². The smallest absolute Gasteiger partial charge is 0.458 e. The lowest BCUT2D eigenvalue weighted by molar-refractivity contribution is -0.0429. The number of fused-ring (bicyclic) bond motifs is 1. The summed E-state index contributed by atoms with van der Waals surface area (Å²) in [5.74, 6) is -0.430. The molecule has 1 aromatic carbocycles.